The molecule has 0 aromatic heterocycles. The summed E-state index contributed by atoms with van der Waals surface area (Å²) < 4.78 is 5.23. The van der Waals surface area contributed by atoms with Crippen LogP contribution >= 0.6 is 0 Å². The number of carboxylic acid groups (broad SMARTS) is 1. The molecule has 0 radical (unpaired) electrons. The van der Waals surface area contributed by atoms with Gasteiger partial charge in [0.15, 0.2) is 0 Å². The van der Waals surface area contributed by atoms with Crippen LogP contribution in [0.15, 0.2) is 12.7 Å². The summed E-state index contributed by atoms with van der Waals surface area (Å²) in [6, 6.07) is -0.305. The number of aliphatic carboxylic acids is 1. The molecule has 1 atom stereocenters. The van der Waals surface area contributed by atoms with Gasteiger partial charge in [0.25, 0.3) is 0 Å². The van der Waals surface area contributed by atoms with Crippen molar-refractivity contribution in [3.63, 3.8) is 0 Å². The van der Waals surface area contributed by atoms with Gasteiger partial charge < -0.3 is 19.6 Å². The Labute approximate surface area is 100 Å². The van der Waals surface area contributed by atoms with Gasteiger partial charge in [-0.15, -0.1) is 6.58 Å². The number of hydrogen-bond acceptors (Lipinski definition) is 3. The van der Waals surface area contributed by atoms with E-state index in [2.05, 4.69) is 6.58 Å². The Morgan fingerprint density at radius 2 is 2.35 bits per heavy atom. The summed E-state index contributed by atoms with van der Waals surface area (Å²) in [5.74, 6) is -1.03. The average molecular weight is 242 g/mol. The molecule has 0 aromatic rings. The third-order valence-electron chi connectivity index (χ3n) is 2.56. The van der Waals surface area contributed by atoms with Crippen molar-refractivity contribution in [3.05, 3.63) is 12.7 Å². The number of ether oxygens (including phenoxy) is 1. The van der Waals surface area contributed by atoms with Crippen LogP contribution in [-0.2, 0) is 9.53 Å². The third kappa shape index (κ3) is 3.74. The molecule has 1 N–H and O–H groups in total. The van der Waals surface area contributed by atoms with Crippen molar-refractivity contribution < 1.29 is 19.4 Å². The van der Waals surface area contributed by atoms with Gasteiger partial charge in [0, 0.05) is 13.1 Å². The fraction of sp³-hybridized carbons (Fsp3) is 0.636. The highest BCUT2D eigenvalue weighted by Crippen LogP contribution is 2.09. The number of carboxylic acids is 1. The van der Waals surface area contributed by atoms with Crippen molar-refractivity contribution in [3.8, 4) is 0 Å². The first-order chi connectivity index (χ1) is 8.06. The number of morpholine rings is 1. The highest BCUT2D eigenvalue weighted by Gasteiger charge is 2.28. The smallest absolute Gasteiger partial charge is 0.323 e. The molecule has 1 heterocycles. The quantitative estimate of drug-likeness (QED) is 0.724. The first-order valence-corrected chi connectivity index (χ1v) is 5.52. The van der Waals surface area contributed by atoms with Crippen LogP contribution in [0.25, 0.3) is 0 Å². The van der Waals surface area contributed by atoms with E-state index in [4.69, 9.17) is 9.84 Å². The molecule has 0 saturated carbocycles. The molecule has 96 valence electrons. The third-order valence-corrected chi connectivity index (χ3v) is 2.56. The highest BCUT2D eigenvalue weighted by atomic mass is 16.5. The number of carbonyl (C=O) groups excluding carboxylic acids is 1. The second-order valence-corrected chi connectivity index (χ2v) is 3.96. The molecule has 2 amide bonds. The number of carbonyl (C=O) groups is 2. The number of hydrogen-bond donors (Lipinski definition) is 1. The molecule has 1 unspecified atom stereocenters. The van der Waals surface area contributed by atoms with E-state index in [1.165, 1.54) is 11.0 Å². The zero-order chi connectivity index (χ0) is 12.8. The van der Waals surface area contributed by atoms with E-state index in [1.54, 1.807) is 4.90 Å². The normalized spacial score (nSPS) is 19.8. The summed E-state index contributed by atoms with van der Waals surface area (Å²) in [5, 5.41) is 8.75. The summed E-state index contributed by atoms with van der Waals surface area (Å²) >= 11 is 0. The molecular weight excluding hydrogens is 224 g/mol. The molecule has 6 heteroatoms. The fourth-order valence-electron chi connectivity index (χ4n) is 1.72. The Hall–Kier alpha value is -1.56. The molecule has 1 rings (SSSR count). The van der Waals surface area contributed by atoms with Crippen LogP contribution in [-0.4, -0.2) is 65.8 Å². The molecule has 0 spiro atoms. The monoisotopic (exact) mass is 242 g/mol. The molecule has 0 bridgehead atoms. The molecular formula is C11H18N2O4. The Morgan fingerprint density at radius 1 is 1.65 bits per heavy atom. The highest BCUT2D eigenvalue weighted by molar-refractivity contribution is 5.80. The molecule has 1 saturated heterocycles. The van der Waals surface area contributed by atoms with Gasteiger partial charge in [-0.3, -0.25) is 4.79 Å². The summed E-state index contributed by atoms with van der Waals surface area (Å²) in [4.78, 5) is 25.7. The van der Waals surface area contributed by atoms with E-state index in [9.17, 15) is 9.59 Å². The Bertz CT molecular complexity index is 306. The maximum atomic E-state index is 12.1. The molecule has 1 fully saturated rings. The lowest BCUT2D eigenvalue weighted by Gasteiger charge is -2.36. The van der Waals surface area contributed by atoms with E-state index in [-0.39, 0.29) is 25.2 Å². The molecule has 17 heavy (non-hydrogen) atoms. The van der Waals surface area contributed by atoms with Crippen molar-refractivity contribution in [1.29, 1.82) is 0 Å². The summed E-state index contributed by atoms with van der Waals surface area (Å²) in [7, 11) is 0. The maximum Gasteiger partial charge on any atom is 0.323 e. The van der Waals surface area contributed by atoms with Crippen molar-refractivity contribution in [2.75, 3.05) is 32.8 Å². The summed E-state index contributed by atoms with van der Waals surface area (Å²) in [5.41, 5.74) is 0. The number of rotatable bonds is 4. The minimum atomic E-state index is -1.03. The van der Waals surface area contributed by atoms with Crippen LogP contribution in [0.2, 0.25) is 0 Å². The second kappa shape index (κ2) is 6.24. The molecule has 1 aliphatic heterocycles. The maximum absolute atomic E-state index is 12.1. The van der Waals surface area contributed by atoms with Gasteiger partial charge in [0.1, 0.15) is 6.54 Å². The van der Waals surface area contributed by atoms with E-state index in [0.29, 0.717) is 19.8 Å². The lowest BCUT2D eigenvalue weighted by molar-refractivity contribution is -0.137. The average Bonchev–Trinajstić information content (AvgIpc) is 2.28. The Balaban J connectivity index is 2.68. The van der Waals surface area contributed by atoms with Gasteiger partial charge in [0.05, 0.1) is 19.3 Å². The van der Waals surface area contributed by atoms with Crippen LogP contribution in [0.4, 0.5) is 4.79 Å². The minimum Gasteiger partial charge on any atom is -0.480 e. The van der Waals surface area contributed by atoms with Gasteiger partial charge in [-0.05, 0) is 6.92 Å². The van der Waals surface area contributed by atoms with Crippen molar-refractivity contribution >= 4 is 12.0 Å². The van der Waals surface area contributed by atoms with Gasteiger partial charge in [-0.2, -0.15) is 0 Å². The van der Waals surface area contributed by atoms with E-state index >= 15 is 0 Å². The Morgan fingerprint density at radius 3 is 2.88 bits per heavy atom. The molecule has 6 nitrogen and oxygen atoms in total. The van der Waals surface area contributed by atoms with Crippen LogP contribution in [0, 0.1) is 0 Å². The molecule has 0 aromatic carbocycles. The molecule has 1 aliphatic rings. The van der Waals surface area contributed by atoms with E-state index in [0.717, 1.165) is 0 Å². The number of urea groups is 1. The number of nitrogens with zero attached hydrogens (tertiary/aromatic N) is 2. The topological polar surface area (TPSA) is 70.1 Å². The van der Waals surface area contributed by atoms with Gasteiger partial charge in [0.2, 0.25) is 0 Å². The van der Waals surface area contributed by atoms with Gasteiger partial charge in [-0.1, -0.05) is 6.08 Å². The fourth-order valence-corrected chi connectivity index (χ4v) is 1.72. The van der Waals surface area contributed by atoms with Crippen LogP contribution in [0.1, 0.15) is 6.92 Å². The SMILES string of the molecule is C=CCN(CC(=O)O)C(=O)N1CCOCC1C. The predicted molar refractivity (Wildman–Crippen MR) is 61.8 cm³/mol. The second-order valence-electron chi connectivity index (χ2n) is 3.96. The Kier molecular flexibility index (Phi) is 4.96. The standard InChI is InChI=1S/C11H18N2O4/c1-3-4-12(7-10(14)15)11(16)13-5-6-17-8-9(13)2/h3,9H,1,4-8H2,2H3,(H,14,15). The van der Waals surface area contributed by atoms with E-state index < -0.39 is 5.97 Å². The van der Waals surface area contributed by atoms with Crippen LogP contribution < -0.4 is 0 Å². The van der Waals surface area contributed by atoms with Gasteiger partial charge in [-0.25, -0.2) is 4.79 Å². The number of amides is 2. The first-order valence-electron chi connectivity index (χ1n) is 5.52. The molecule has 0 aliphatic carbocycles. The van der Waals surface area contributed by atoms with Crippen molar-refractivity contribution in [1.82, 2.24) is 9.80 Å². The van der Waals surface area contributed by atoms with E-state index in [1.807, 2.05) is 6.92 Å². The van der Waals surface area contributed by atoms with Crippen LogP contribution in [0.3, 0.4) is 0 Å². The van der Waals surface area contributed by atoms with Crippen molar-refractivity contribution in [2.45, 2.75) is 13.0 Å². The lowest BCUT2D eigenvalue weighted by Crippen LogP contribution is -2.53. The minimum absolute atomic E-state index is 0.0302. The van der Waals surface area contributed by atoms with Crippen LogP contribution in [0.5, 0.6) is 0 Å². The van der Waals surface area contributed by atoms with Crippen molar-refractivity contribution in [2.24, 2.45) is 0 Å². The summed E-state index contributed by atoms with van der Waals surface area (Å²) in [6.45, 7) is 6.80. The largest absolute Gasteiger partial charge is 0.480 e. The summed E-state index contributed by atoms with van der Waals surface area (Å²) in [6.07, 6.45) is 1.52. The first kappa shape index (κ1) is 13.5. The van der Waals surface area contributed by atoms with Gasteiger partial charge >= 0.3 is 12.0 Å². The predicted octanol–water partition coefficient (Wildman–Crippen LogP) is 0.400. The zero-order valence-electron chi connectivity index (χ0n) is 9.96. The lowest BCUT2D eigenvalue weighted by atomic mass is 10.2. The zero-order valence-corrected chi connectivity index (χ0v) is 9.96.